The highest BCUT2D eigenvalue weighted by molar-refractivity contribution is 7.21. The zero-order chi connectivity index (χ0) is 23.0. The van der Waals surface area contributed by atoms with Crippen LogP contribution >= 0.6 is 22.9 Å². The topological polar surface area (TPSA) is 121 Å². The maximum Gasteiger partial charge on any atom is 0.307 e. The fraction of sp³-hybridized carbons (Fsp3) is 0.476. The Morgan fingerprint density at radius 1 is 1.06 bits per heavy atom. The van der Waals surface area contributed by atoms with Gasteiger partial charge in [0.15, 0.2) is 0 Å². The second kappa shape index (κ2) is 9.03. The number of fused-ring (bicyclic) bond motifs is 1. The van der Waals surface area contributed by atoms with Crippen molar-refractivity contribution in [1.29, 1.82) is 0 Å². The SMILES string of the molecule is O=C(O)[C@@H]1CCCC[C@H]1C(=O)N1CCN(C(=O)c2sc3cc([N+](=O)[O-])ccc3c2Cl)CC1. The first-order valence-corrected chi connectivity index (χ1v) is 11.6. The maximum atomic E-state index is 13.1. The molecule has 0 spiro atoms. The number of carbonyl (C=O) groups excluding carboxylic acids is 2. The number of nitrogens with zero attached hydrogens (tertiary/aromatic N) is 3. The van der Waals surface area contributed by atoms with E-state index in [2.05, 4.69) is 0 Å². The normalized spacial score (nSPS) is 21.5. The van der Waals surface area contributed by atoms with Crippen molar-refractivity contribution < 1.29 is 24.4 Å². The number of carbonyl (C=O) groups is 3. The number of thiophene rings is 1. The third kappa shape index (κ3) is 4.16. The van der Waals surface area contributed by atoms with Crippen molar-refractivity contribution in [2.75, 3.05) is 26.2 Å². The van der Waals surface area contributed by atoms with Gasteiger partial charge in [-0.2, -0.15) is 0 Å². The largest absolute Gasteiger partial charge is 0.481 e. The zero-order valence-electron chi connectivity index (χ0n) is 17.2. The first-order chi connectivity index (χ1) is 15.3. The smallest absolute Gasteiger partial charge is 0.307 e. The van der Waals surface area contributed by atoms with Gasteiger partial charge in [0.1, 0.15) is 4.88 Å². The van der Waals surface area contributed by atoms with Crippen LogP contribution in [0.1, 0.15) is 35.4 Å². The summed E-state index contributed by atoms with van der Waals surface area (Å²) in [5.41, 5.74) is -0.0658. The van der Waals surface area contributed by atoms with Crippen LogP contribution in [0.5, 0.6) is 0 Å². The summed E-state index contributed by atoms with van der Waals surface area (Å²) in [5, 5.41) is 21.3. The lowest BCUT2D eigenvalue weighted by molar-refractivity contribution is -0.384. The number of carboxylic acid groups (broad SMARTS) is 1. The number of piperazine rings is 1. The zero-order valence-corrected chi connectivity index (χ0v) is 18.7. The van der Waals surface area contributed by atoms with Crippen LogP contribution < -0.4 is 0 Å². The minimum atomic E-state index is -0.920. The van der Waals surface area contributed by atoms with Crippen molar-refractivity contribution in [2.24, 2.45) is 11.8 Å². The number of carboxylic acids is 1. The minimum Gasteiger partial charge on any atom is -0.481 e. The molecule has 2 aliphatic rings. The van der Waals surface area contributed by atoms with E-state index in [1.54, 1.807) is 15.9 Å². The minimum absolute atomic E-state index is 0.0658. The molecule has 2 fully saturated rings. The third-order valence-corrected chi connectivity index (χ3v) is 7.94. The molecule has 1 N–H and O–H groups in total. The first-order valence-electron chi connectivity index (χ1n) is 10.4. The molecule has 170 valence electrons. The molecule has 11 heteroatoms. The summed E-state index contributed by atoms with van der Waals surface area (Å²) < 4.78 is 0.568. The molecule has 1 saturated heterocycles. The molecule has 0 bridgehead atoms. The highest BCUT2D eigenvalue weighted by Crippen LogP contribution is 2.38. The molecule has 4 rings (SSSR count). The number of nitro groups is 1. The van der Waals surface area contributed by atoms with Crippen LogP contribution in [-0.2, 0) is 9.59 Å². The van der Waals surface area contributed by atoms with E-state index >= 15 is 0 Å². The summed E-state index contributed by atoms with van der Waals surface area (Å²) in [6.07, 6.45) is 2.77. The van der Waals surface area contributed by atoms with Crippen molar-refractivity contribution in [1.82, 2.24) is 9.80 Å². The summed E-state index contributed by atoms with van der Waals surface area (Å²) in [6, 6.07) is 4.31. The van der Waals surface area contributed by atoms with E-state index in [1.807, 2.05) is 0 Å². The van der Waals surface area contributed by atoms with Crippen LogP contribution in [0.2, 0.25) is 5.02 Å². The van der Waals surface area contributed by atoms with Gasteiger partial charge in [-0.1, -0.05) is 24.4 Å². The molecule has 1 aromatic carbocycles. The molecule has 1 aliphatic heterocycles. The van der Waals surface area contributed by atoms with Gasteiger partial charge in [0.25, 0.3) is 11.6 Å². The molecule has 2 aromatic rings. The lowest BCUT2D eigenvalue weighted by atomic mass is 9.78. The van der Waals surface area contributed by atoms with Crippen LogP contribution in [0, 0.1) is 22.0 Å². The van der Waals surface area contributed by atoms with Gasteiger partial charge in [-0.15, -0.1) is 11.3 Å². The Kier molecular flexibility index (Phi) is 6.34. The Labute approximate surface area is 192 Å². The number of halogens is 1. The Morgan fingerprint density at radius 2 is 1.69 bits per heavy atom. The highest BCUT2D eigenvalue weighted by Gasteiger charge is 2.39. The first kappa shape index (κ1) is 22.5. The van der Waals surface area contributed by atoms with E-state index in [0.29, 0.717) is 54.0 Å². The molecule has 2 amide bonds. The van der Waals surface area contributed by atoms with Crippen LogP contribution in [0.3, 0.4) is 0 Å². The van der Waals surface area contributed by atoms with E-state index in [9.17, 15) is 29.6 Å². The van der Waals surface area contributed by atoms with Gasteiger partial charge in [-0.05, 0) is 18.9 Å². The lowest BCUT2D eigenvalue weighted by Gasteiger charge is -2.38. The molecule has 0 unspecified atom stereocenters. The fourth-order valence-corrected chi connectivity index (χ4v) is 6.05. The number of benzene rings is 1. The second-order valence-electron chi connectivity index (χ2n) is 8.14. The molecular formula is C21H22ClN3O6S. The summed E-state index contributed by atoms with van der Waals surface area (Å²) in [4.78, 5) is 51.7. The fourth-order valence-electron chi connectivity index (χ4n) is 4.54. The summed E-state index contributed by atoms with van der Waals surface area (Å²) in [5.74, 6) is -2.48. The van der Waals surface area contributed by atoms with E-state index in [1.165, 1.54) is 12.1 Å². The molecule has 2 atom stereocenters. The molecular weight excluding hydrogens is 458 g/mol. The van der Waals surface area contributed by atoms with E-state index in [4.69, 9.17) is 11.6 Å². The van der Waals surface area contributed by atoms with Crippen LogP contribution in [-0.4, -0.2) is 63.8 Å². The second-order valence-corrected chi connectivity index (χ2v) is 9.57. The Morgan fingerprint density at radius 3 is 2.31 bits per heavy atom. The molecule has 1 aromatic heterocycles. The molecule has 1 saturated carbocycles. The average molecular weight is 480 g/mol. The number of amides is 2. The van der Waals surface area contributed by atoms with Crippen LogP contribution in [0.25, 0.3) is 10.1 Å². The summed E-state index contributed by atoms with van der Waals surface area (Å²) in [6.45, 7) is 1.31. The predicted octanol–water partition coefficient (Wildman–Crippen LogP) is 3.64. The number of non-ortho nitro benzene ring substituents is 1. The molecule has 9 nitrogen and oxygen atoms in total. The van der Waals surface area contributed by atoms with Crippen molar-refractivity contribution in [3.05, 3.63) is 38.2 Å². The molecule has 0 radical (unpaired) electrons. The van der Waals surface area contributed by atoms with Crippen molar-refractivity contribution in [3.8, 4) is 0 Å². The Bertz CT molecular complexity index is 1090. The maximum absolute atomic E-state index is 13.1. The third-order valence-electron chi connectivity index (χ3n) is 6.30. The number of hydrogen-bond acceptors (Lipinski definition) is 6. The van der Waals surface area contributed by atoms with Gasteiger partial charge >= 0.3 is 5.97 Å². The van der Waals surface area contributed by atoms with E-state index in [0.717, 1.165) is 24.2 Å². The van der Waals surface area contributed by atoms with Crippen molar-refractivity contribution >= 4 is 56.5 Å². The van der Waals surface area contributed by atoms with Gasteiger partial charge in [0.05, 0.1) is 21.8 Å². The molecule has 2 heterocycles. The van der Waals surface area contributed by atoms with Crippen molar-refractivity contribution in [2.45, 2.75) is 25.7 Å². The standard InChI is InChI=1S/C21H22ClN3O6S/c22-17-15-6-5-12(25(30)31)11-16(15)32-18(17)20(27)24-9-7-23(8-10-24)19(26)13-3-1-2-4-14(13)21(28)29/h5-6,11,13-14H,1-4,7-10H2,(H,28,29)/t13-,14-/m1/s1. The number of nitro benzene ring substituents is 1. The van der Waals surface area contributed by atoms with Gasteiger partial charge < -0.3 is 14.9 Å². The number of rotatable bonds is 4. The molecule has 1 aliphatic carbocycles. The van der Waals surface area contributed by atoms with Crippen LogP contribution in [0.15, 0.2) is 18.2 Å². The van der Waals surface area contributed by atoms with Gasteiger partial charge in [0.2, 0.25) is 5.91 Å². The van der Waals surface area contributed by atoms with Gasteiger partial charge in [-0.25, -0.2) is 0 Å². The summed E-state index contributed by atoms with van der Waals surface area (Å²) >= 11 is 7.52. The highest BCUT2D eigenvalue weighted by atomic mass is 35.5. The Balaban J connectivity index is 1.44. The van der Waals surface area contributed by atoms with Gasteiger partial charge in [-0.3, -0.25) is 24.5 Å². The molecule has 32 heavy (non-hydrogen) atoms. The number of hydrogen-bond donors (Lipinski definition) is 1. The quantitative estimate of drug-likeness (QED) is 0.527. The van der Waals surface area contributed by atoms with E-state index < -0.39 is 22.7 Å². The average Bonchev–Trinajstić information content (AvgIpc) is 3.14. The van der Waals surface area contributed by atoms with E-state index in [-0.39, 0.29) is 22.5 Å². The van der Waals surface area contributed by atoms with Crippen molar-refractivity contribution in [3.63, 3.8) is 0 Å². The predicted molar refractivity (Wildman–Crippen MR) is 119 cm³/mol. The Hall–Kier alpha value is -2.72. The van der Waals surface area contributed by atoms with Crippen LogP contribution in [0.4, 0.5) is 5.69 Å². The lowest BCUT2D eigenvalue weighted by Crippen LogP contribution is -2.53. The summed E-state index contributed by atoms with van der Waals surface area (Å²) in [7, 11) is 0. The monoisotopic (exact) mass is 479 g/mol. The van der Waals surface area contributed by atoms with Gasteiger partial charge in [0, 0.05) is 48.4 Å². The number of aliphatic carboxylic acids is 1.